The largest absolute Gasteiger partial charge is 0.353 e. The molecular weight excluding hydrogens is 278 g/mol. The molecule has 0 aliphatic rings. The molecule has 17 heavy (non-hydrogen) atoms. The first-order valence-corrected chi connectivity index (χ1v) is 7.23. The lowest BCUT2D eigenvalue weighted by atomic mass is 10.1. The predicted molar refractivity (Wildman–Crippen MR) is 75.4 cm³/mol. The van der Waals surface area contributed by atoms with Crippen molar-refractivity contribution in [3.05, 3.63) is 35.9 Å². The molecule has 0 saturated heterocycles. The Morgan fingerprint density at radius 2 is 2.00 bits per heavy atom. The molecule has 2 nitrogen and oxygen atoms in total. The third kappa shape index (κ3) is 6.47. The van der Waals surface area contributed by atoms with E-state index in [0.29, 0.717) is 6.42 Å². The zero-order valence-corrected chi connectivity index (χ0v) is 11.9. The van der Waals surface area contributed by atoms with Gasteiger partial charge >= 0.3 is 0 Å². The third-order valence-corrected chi connectivity index (χ3v) is 3.14. The van der Waals surface area contributed by atoms with E-state index in [9.17, 15) is 4.79 Å². The minimum atomic E-state index is 0.161. The van der Waals surface area contributed by atoms with Crippen LogP contribution in [0.1, 0.15) is 31.7 Å². The highest BCUT2D eigenvalue weighted by molar-refractivity contribution is 9.09. The van der Waals surface area contributed by atoms with Gasteiger partial charge in [0.05, 0.1) is 0 Å². The first kappa shape index (κ1) is 14.2. The fourth-order valence-corrected chi connectivity index (χ4v) is 2.14. The van der Waals surface area contributed by atoms with E-state index in [0.717, 1.165) is 24.6 Å². The SMILES string of the molecule is CC(Cc1ccccc1)NC(=O)CCCCBr. The minimum Gasteiger partial charge on any atom is -0.353 e. The molecule has 1 atom stereocenters. The summed E-state index contributed by atoms with van der Waals surface area (Å²) in [4.78, 5) is 11.6. The summed E-state index contributed by atoms with van der Waals surface area (Å²) in [5.41, 5.74) is 1.26. The molecule has 3 heteroatoms. The average Bonchev–Trinajstić information content (AvgIpc) is 2.30. The van der Waals surface area contributed by atoms with Gasteiger partial charge in [-0.2, -0.15) is 0 Å². The molecule has 94 valence electrons. The van der Waals surface area contributed by atoms with Crippen LogP contribution < -0.4 is 5.32 Å². The van der Waals surface area contributed by atoms with Crippen LogP contribution in [-0.4, -0.2) is 17.3 Å². The number of alkyl halides is 1. The molecule has 1 amide bonds. The number of amides is 1. The van der Waals surface area contributed by atoms with Crippen LogP contribution in [0.15, 0.2) is 30.3 Å². The molecule has 0 radical (unpaired) electrons. The molecule has 0 aromatic heterocycles. The Morgan fingerprint density at radius 1 is 1.29 bits per heavy atom. The average molecular weight is 298 g/mol. The van der Waals surface area contributed by atoms with Gasteiger partial charge in [-0.25, -0.2) is 0 Å². The normalized spacial score (nSPS) is 12.1. The number of hydrogen-bond acceptors (Lipinski definition) is 1. The zero-order chi connectivity index (χ0) is 12.5. The Kier molecular flexibility index (Phi) is 6.94. The lowest BCUT2D eigenvalue weighted by Gasteiger charge is -2.13. The highest BCUT2D eigenvalue weighted by Crippen LogP contribution is 2.04. The van der Waals surface area contributed by atoms with Crippen molar-refractivity contribution in [1.29, 1.82) is 0 Å². The summed E-state index contributed by atoms with van der Waals surface area (Å²) in [5.74, 6) is 0.161. The number of carbonyl (C=O) groups is 1. The maximum atomic E-state index is 11.6. The summed E-state index contributed by atoms with van der Waals surface area (Å²) in [6.45, 7) is 2.05. The Hall–Kier alpha value is -0.830. The molecule has 1 rings (SSSR count). The molecule has 0 aliphatic carbocycles. The van der Waals surface area contributed by atoms with Gasteiger partial charge in [0.25, 0.3) is 0 Å². The van der Waals surface area contributed by atoms with Crippen molar-refractivity contribution < 1.29 is 4.79 Å². The summed E-state index contributed by atoms with van der Waals surface area (Å²) >= 11 is 3.36. The van der Waals surface area contributed by atoms with Crippen molar-refractivity contribution in [1.82, 2.24) is 5.32 Å². The van der Waals surface area contributed by atoms with E-state index >= 15 is 0 Å². The van der Waals surface area contributed by atoms with Gasteiger partial charge in [-0.05, 0) is 31.7 Å². The first-order valence-electron chi connectivity index (χ1n) is 6.11. The van der Waals surface area contributed by atoms with Crippen molar-refractivity contribution in [3.8, 4) is 0 Å². The molecule has 0 heterocycles. The van der Waals surface area contributed by atoms with Crippen molar-refractivity contribution >= 4 is 21.8 Å². The minimum absolute atomic E-state index is 0.161. The number of unbranched alkanes of at least 4 members (excludes halogenated alkanes) is 1. The summed E-state index contributed by atoms with van der Waals surface area (Å²) in [6, 6.07) is 10.4. The Bertz CT molecular complexity index is 326. The Morgan fingerprint density at radius 3 is 2.65 bits per heavy atom. The molecule has 1 unspecified atom stereocenters. The number of carbonyl (C=O) groups excluding carboxylic acids is 1. The zero-order valence-electron chi connectivity index (χ0n) is 10.3. The quantitative estimate of drug-likeness (QED) is 0.607. The molecule has 1 aromatic carbocycles. The van der Waals surface area contributed by atoms with Crippen LogP contribution in [0.4, 0.5) is 0 Å². The second-order valence-electron chi connectivity index (χ2n) is 4.30. The number of nitrogens with one attached hydrogen (secondary N) is 1. The fraction of sp³-hybridized carbons (Fsp3) is 0.500. The maximum Gasteiger partial charge on any atom is 0.220 e. The number of halogens is 1. The monoisotopic (exact) mass is 297 g/mol. The van der Waals surface area contributed by atoms with Crippen LogP contribution in [-0.2, 0) is 11.2 Å². The van der Waals surface area contributed by atoms with Crippen molar-refractivity contribution in [2.75, 3.05) is 5.33 Å². The van der Waals surface area contributed by atoms with Gasteiger partial charge in [-0.15, -0.1) is 0 Å². The van der Waals surface area contributed by atoms with Gasteiger partial charge in [0.1, 0.15) is 0 Å². The smallest absolute Gasteiger partial charge is 0.220 e. The van der Waals surface area contributed by atoms with E-state index in [1.807, 2.05) is 18.2 Å². The van der Waals surface area contributed by atoms with Gasteiger partial charge in [-0.3, -0.25) is 4.79 Å². The molecule has 0 saturated carbocycles. The van der Waals surface area contributed by atoms with Crippen LogP contribution in [0.2, 0.25) is 0 Å². The van der Waals surface area contributed by atoms with E-state index in [1.165, 1.54) is 5.56 Å². The number of rotatable bonds is 7. The summed E-state index contributed by atoms with van der Waals surface area (Å²) in [6.07, 6.45) is 3.53. The van der Waals surface area contributed by atoms with E-state index in [-0.39, 0.29) is 11.9 Å². The standard InChI is InChI=1S/C14H20BrNO/c1-12(11-13-7-3-2-4-8-13)16-14(17)9-5-6-10-15/h2-4,7-8,12H,5-6,9-11H2,1H3,(H,16,17). The third-order valence-electron chi connectivity index (χ3n) is 2.58. The van der Waals surface area contributed by atoms with Crippen LogP contribution >= 0.6 is 15.9 Å². The van der Waals surface area contributed by atoms with Crippen LogP contribution in [0.3, 0.4) is 0 Å². The van der Waals surface area contributed by atoms with Crippen molar-refractivity contribution in [2.45, 2.75) is 38.6 Å². The lowest BCUT2D eigenvalue weighted by molar-refractivity contribution is -0.121. The first-order chi connectivity index (χ1) is 8.22. The maximum absolute atomic E-state index is 11.6. The van der Waals surface area contributed by atoms with Gasteiger partial charge in [0.2, 0.25) is 5.91 Å². The molecule has 0 bridgehead atoms. The molecule has 1 aromatic rings. The molecule has 0 spiro atoms. The molecule has 0 fully saturated rings. The summed E-state index contributed by atoms with van der Waals surface area (Å²) in [7, 11) is 0. The van der Waals surface area contributed by atoms with Crippen LogP contribution in [0.5, 0.6) is 0 Å². The highest BCUT2D eigenvalue weighted by atomic mass is 79.9. The van der Waals surface area contributed by atoms with Crippen molar-refractivity contribution in [2.24, 2.45) is 0 Å². The van der Waals surface area contributed by atoms with Crippen molar-refractivity contribution in [3.63, 3.8) is 0 Å². The summed E-state index contributed by atoms with van der Waals surface area (Å²) in [5, 5.41) is 4.01. The van der Waals surface area contributed by atoms with E-state index in [2.05, 4.69) is 40.3 Å². The van der Waals surface area contributed by atoms with Crippen LogP contribution in [0, 0.1) is 0 Å². The Labute approximate surface area is 112 Å². The van der Waals surface area contributed by atoms with E-state index < -0.39 is 0 Å². The summed E-state index contributed by atoms with van der Waals surface area (Å²) < 4.78 is 0. The topological polar surface area (TPSA) is 29.1 Å². The second kappa shape index (κ2) is 8.29. The number of benzene rings is 1. The Balaban J connectivity index is 2.25. The molecule has 0 aliphatic heterocycles. The van der Waals surface area contributed by atoms with E-state index in [4.69, 9.17) is 0 Å². The lowest BCUT2D eigenvalue weighted by Crippen LogP contribution is -2.33. The highest BCUT2D eigenvalue weighted by Gasteiger charge is 2.07. The predicted octanol–water partition coefficient (Wildman–Crippen LogP) is 3.30. The van der Waals surface area contributed by atoms with Gasteiger partial charge in [0.15, 0.2) is 0 Å². The molecule has 1 N–H and O–H groups in total. The van der Waals surface area contributed by atoms with Gasteiger partial charge in [-0.1, -0.05) is 46.3 Å². The van der Waals surface area contributed by atoms with E-state index in [1.54, 1.807) is 0 Å². The van der Waals surface area contributed by atoms with Gasteiger partial charge in [0, 0.05) is 17.8 Å². The van der Waals surface area contributed by atoms with Crippen LogP contribution in [0.25, 0.3) is 0 Å². The fourth-order valence-electron chi connectivity index (χ4n) is 1.75. The van der Waals surface area contributed by atoms with Gasteiger partial charge < -0.3 is 5.32 Å². The molecular formula is C14H20BrNO. The second-order valence-corrected chi connectivity index (χ2v) is 5.10. The number of hydrogen-bond donors (Lipinski definition) is 1.